The van der Waals surface area contributed by atoms with Crippen LogP contribution >= 0.6 is 0 Å². The minimum atomic E-state index is -0.0765. The number of morpholine rings is 1. The molecule has 3 unspecified atom stereocenters. The lowest BCUT2D eigenvalue weighted by Gasteiger charge is -2.46. The van der Waals surface area contributed by atoms with E-state index in [2.05, 4.69) is 46.4 Å². The number of hydrogen-bond donors (Lipinski definition) is 0. The maximum absolute atomic E-state index is 6.18. The second kappa shape index (κ2) is 4.77. The second-order valence-corrected chi connectivity index (χ2v) is 7.61. The highest BCUT2D eigenvalue weighted by Crippen LogP contribution is 2.37. The van der Waals surface area contributed by atoms with E-state index in [9.17, 15) is 0 Å². The molecule has 18 heavy (non-hydrogen) atoms. The Hall–Kier alpha value is -0.120. The smallest absolute Gasteiger partial charge is 0.0992 e. The molecule has 3 nitrogen and oxygen atoms in total. The van der Waals surface area contributed by atoms with Crippen molar-refractivity contribution in [1.29, 1.82) is 0 Å². The third kappa shape index (κ3) is 3.06. The molecular formula is C15H29NO2. The fourth-order valence-electron chi connectivity index (χ4n) is 3.33. The van der Waals surface area contributed by atoms with Crippen molar-refractivity contribution in [1.82, 2.24) is 4.90 Å². The molecule has 0 N–H and O–H groups in total. The average Bonchev–Trinajstić information content (AvgIpc) is 2.57. The van der Waals surface area contributed by atoms with Crippen molar-refractivity contribution >= 4 is 0 Å². The largest absolute Gasteiger partial charge is 0.373 e. The van der Waals surface area contributed by atoms with E-state index in [-0.39, 0.29) is 23.3 Å². The van der Waals surface area contributed by atoms with Gasteiger partial charge in [-0.3, -0.25) is 4.90 Å². The van der Waals surface area contributed by atoms with Gasteiger partial charge in [0.25, 0.3) is 0 Å². The number of rotatable bonds is 1. The summed E-state index contributed by atoms with van der Waals surface area (Å²) in [5.74, 6) is 0. The predicted octanol–water partition coefficient (Wildman–Crippen LogP) is 2.83. The van der Waals surface area contributed by atoms with Gasteiger partial charge in [-0.25, -0.2) is 0 Å². The second-order valence-electron chi connectivity index (χ2n) is 7.61. The molecule has 3 heteroatoms. The molecule has 0 bridgehead atoms. The van der Waals surface area contributed by atoms with Gasteiger partial charge in [-0.15, -0.1) is 0 Å². The standard InChI is InChI=1S/C15H29NO2/c1-14(2,3)16-9-10-17-13-11(16)7-8-12(13)18-15(4,5)6/h11-13H,7-10H2,1-6H3. The number of nitrogens with zero attached hydrogens (tertiary/aromatic N) is 1. The van der Waals surface area contributed by atoms with Crippen molar-refractivity contribution in [2.24, 2.45) is 0 Å². The van der Waals surface area contributed by atoms with Gasteiger partial charge in [0.05, 0.1) is 24.4 Å². The predicted molar refractivity (Wildman–Crippen MR) is 73.8 cm³/mol. The molecular weight excluding hydrogens is 226 g/mol. The molecule has 0 amide bonds. The van der Waals surface area contributed by atoms with Crippen molar-refractivity contribution in [2.45, 2.75) is 83.8 Å². The Kier molecular flexibility index (Phi) is 3.79. The summed E-state index contributed by atoms with van der Waals surface area (Å²) in [4.78, 5) is 2.60. The summed E-state index contributed by atoms with van der Waals surface area (Å²) in [7, 11) is 0. The van der Waals surface area contributed by atoms with Crippen molar-refractivity contribution in [3.63, 3.8) is 0 Å². The Morgan fingerprint density at radius 1 is 1.06 bits per heavy atom. The first-order valence-corrected chi connectivity index (χ1v) is 7.25. The zero-order valence-corrected chi connectivity index (χ0v) is 12.8. The summed E-state index contributed by atoms with van der Waals surface area (Å²) < 4.78 is 12.2. The molecule has 0 aromatic rings. The van der Waals surface area contributed by atoms with E-state index in [1.807, 2.05) is 0 Å². The monoisotopic (exact) mass is 255 g/mol. The van der Waals surface area contributed by atoms with Gasteiger partial charge in [-0.2, -0.15) is 0 Å². The lowest BCUT2D eigenvalue weighted by molar-refractivity contribution is -0.158. The highest BCUT2D eigenvalue weighted by molar-refractivity contribution is 4.99. The molecule has 0 spiro atoms. The van der Waals surface area contributed by atoms with Crippen LogP contribution in [0.15, 0.2) is 0 Å². The van der Waals surface area contributed by atoms with E-state index < -0.39 is 0 Å². The zero-order chi connectivity index (χ0) is 13.6. The summed E-state index contributed by atoms with van der Waals surface area (Å²) in [6.07, 6.45) is 2.85. The van der Waals surface area contributed by atoms with Crippen molar-refractivity contribution in [3.8, 4) is 0 Å². The molecule has 1 saturated heterocycles. The Morgan fingerprint density at radius 3 is 2.28 bits per heavy atom. The minimum Gasteiger partial charge on any atom is -0.373 e. The van der Waals surface area contributed by atoms with Gasteiger partial charge in [0.1, 0.15) is 0 Å². The van der Waals surface area contributed by atoms with E-state index in [1.165, 1.54) is 6.42 Å². The van der Waals surface area contributed by atoms with Crippen LogP contribution in [0.3, 0.4) is 0 Å². The lowest BCUT2D eigenvalue weighted by atomic mass is 9.99. The topological polar surface area (TPSA) is 21.7 Å². The molecule has 1 heterocycles. The third-order valence-electron chi connectivity index (χ3n) is 3.90. The minimum absolute atomic E-state index is 0.0765. The van der Waals surface area contributed by atoms with E-state index in [0.29, 0.717) is 6.04 Å². The number of hydrogen-bond acceptors (Lipinski definition) is 3. The molecule has 0 radical (unpaired) electrons. The van der Waals surface area contributed by atoms with E-state index >= 15 is 0 Å². The van der Waals surface area contributed by atoms with Gasteiger partial charge in [-0.05, 0) is 54.4 Å². The van der Waals surface area contributed by atoms with Crippen molar-refractivity contribution < 1.29 is 9.47 Å². The van der Waals surface area contributed by atoms with Crippen LogP contribution in [-0.2, 0) is 9.47 Å². The molecule has 2 rings (SSSR count). The highest BCUT2D eigenvalue weighted by atomic mass is 16.6. The lowest BCUT2D eigenvalue weighted by Crippen LogP contribution is -2.58. The SMILES string of the molecule is CC(C)(C)OC1CCC2C1OCCN2C(C)(C)C. The van der Waals surface area contributed by atoms with Crippen LogP contribution in [0.4, 0.5) is 0 Å². The van der Waals surface area contributed by atoms with E-state index in [1.54, 1.807) is 0 Å². The Balaban J connectivity index is 2.07. The van der Waals surface area contributed by atoms with Crippen LogP contribution in [-0.4, -0.2) is 47.4 Å². The molecule has 106 valence electrons. The van der Waals surface area contributed by atoms with Crippen molar-refractivity contribution in [3.05, 3.63) is 0 Å². The summed E-state index contributed by atoms with van der Waals surface area (Å²) in [6.45, 7) is 15.2. The third-order valence-corrected chi connectivity index (χ3v) is 3.90. The first kappa shape index (κ1) is 14.3. The Morgan fingerprint density at radius 2 is 1.72 bits per heavy atom. The maximum atomic E-state index is 6.18. The molecule has 1 aliphatic carbocycles. The van der Waals surface area contributed by atoms with Gasteiger partial charge in [0, 0.05) is 18.1 Å². The van der Waals surface area contributed by atoms with E-state index in [0.717, 1.165) is 19.6 Å². The summed E-state index contributed by atoms with van der Waals surface area (Å²) in [5.41, 5.74) is 0.149. The molecule has 2 fully saturated rings. The summed E-state index contributed by atoms with van der Waals surface area (Å²) >= 11 is 0. The fraction of sp³-hybridized carbons (Fsp3) is 1.00. The molecule has 0 aromatic carbocycles. The van der Waals surface area contributed by atoms with Crippen LogP contribution < -0.4 is 0 Å². The number of ether oxygens (including phenoxy) is 2. The van der Waals surface area contributed by atoms with Crippen LogP contribution in [0.5, 0.6) is 0 Å². The molecule has 1 aliphatic heterocycles. The van der Waals surface area contributed by atoms with Crippen LogP contribution in [0.25, 0.3) is 0 Å². The normalized spacial score (nSPS) is 34.7. The van der Waals surface area contributed by atoms with Crippen LogP contribution in [0, 0.1) is 0 Å². The highest BCUT2D eigenvalue weighted by Gasteiger charge is 2.47. The Labute approximate surface area is 112 Å². The maximum Gasteiger partial charge on any atom is 0.0992 e. The van der Waals surface area contributed by atoms with Gasteiger partial charge in [0.2, 0.25) is 0 Å². The first-order chi connectivity index (χ1) is 8.18. The molecule has 2 aliphatic rings. The van der Waals surface area contributed by atoms with Gasteiger partial charge < -0.3 is 9.47 Å². The van der Waals surface area contributed by atoms with Gasteiger partial charge in [0.15, 0.2) is 0 Å². The summed E-state index contributed by atoms with van der Waals surface area (Å²) in [5, 5.41) is 0. The first-order valence-electron chi connectivity index (χ1n) is 7.25. The molecule has 0 aromatic heterocycles. The van der Waals surface area contributed by atoms with Crippen molar-refractivity contribution in [2.75, 3.05) is 13.2 Å². The number of fused-ring (bicyclic) bond motifs is 1. The van der Waals surface area contributed by atoms with E-state index in [4.69, 9.17) is 9.47 Å². The van der Waals surface area contributed by atoms with Crippen LogP contribution in [0.2, 0.25) is 0 Å². The quantitative estimate of drug-likeness (QED) is 0.719. The Bertz CT molecular complexity index is 290. The molecule has 3 atom stereocenters. The average molecular weight is 255 g/mol. The van der Waals surface area contributed by atoms with Gasteiger partial charge in [-0.1, -0.05) is 0 Å². The summed E-state index contributed by atoms with van der Waals surface area (Å²) in [6, 6.07) is 0.533. The molecule has 1 saturated carbocycles. The van der Waals surface area contributed by atoms with Crippen LogP contribution in [0.1, 0.15) is 54.4 Å². The fourth-order valence-corrected chi connectivity index (χ4v) is 3.33. The zero-order valence-electron chi connectivity index (χ0n) is 12.8. The van der Waals surface area contributed by atoms with Gasteiger partial charge >= 0.3 is 0 Å².